The Morgan fingerprint density at radius 1 is 1.33 bits per heavy atom. The molecule has 2 aliphatic rings. The van der Waals surface area contributed by atoms with Crippen LogP contribution in [0.2, 0.25) is 0 Å². The number of hydrogen-bond donors (Lipinski definition) is 2. The van der Waals surface area contributed by atoms with Crippen LogP contribution in [0.1, 0.15) is 19.3 Å². The number of aromatic nitrogens is 3. The molecule has 0 aliphatic heterocycles. The van der Waals surface area contributed by atoms with Crippen molar-refractivity contribution in [3.05, 3.63) is 30.6 Å². The van der Waals surface area contributed by atoms with Crippen LogP contribution in [-0.2, 0) is 11.8 Å². The summed E-state index contributed by atoms with van der Waals surface area (Å²) >= 11 is 0. The van der Waals surface area contributed by atoms with Crippen LogP contribution in [0.15, 0.2) is 30.6 Å². The molecule has 1 amide bonds. The van der Waals surface area contributed by atoms with Gasteiger partial charge in [0.15, 0.2) is 5.82 Å². The molecule has 2 saturated carbocycles. The molecule has 0 spiro atoms. The van der Waals surface area contributed by atoms with Crippen molar-refractivity contribution in [1.82, 2.24) is 14.8 Å². The summed E-state index contributed by atoms with van der Waals surface area (Å²) in [5, 5.41) is 11.0. The standard InChI is InChI=1S/C17H21N5O.ClH/c1-22-9-19-21-16(22)12-3-2-4-13(8-12)20-17(23)14-10-5-6-11(7-10)15(14)18;/h2-4,8-11,14-15H,5-7,18H2,1H3,(H,20,23);1H. The lowest BCUT2D eigenvalue weighted by atomic mass is 9.84. The number of benzene rings is 1. The van der Waals surface area contributed by atoms with E-state index in [0.29, 0.717) is 11.8 Å². The molecule has 0 radical (unpaired) electrons. The Labute approximate surface area is 147 Å². The zero-order valence-corrected chi connectivity index (χ0v) is 14.4. The summed E-state index contributed by atoms with van der Waals surface area (Å²) in [6.07, 6.45) is 5.08. The smallest absolute Gasteiger partial charge is 0.229 e. The molecule has 4 unspecified atom stereocenters. The highest BCUT2D eigenvalue weighted by Gasteiger charge is 2.49. The number of aryl methyl sites for hydroxylation is 1. The average Bonchev–Trinajstić information content (AvgIpc) is 3.23. The van der Waals surface area contributed by atoms with Gasteiger partial charge in [0.2, 0.25) is 5.91 Å². The Bertz CT molecular complexity index is 744. The normalized spacial score (nSPS) is 27.8. The van der Waals surface area contributed by atoms with Crippen molar-refractivity contribution in [2.45, 2.75) is 25.3 Å². The number of rotatable bonds is 3. The van der Waals surface area contributed by atoms with Crippen molar-refractivity contribution >= 4 is 24.0 Å². The number of anilines is 1. The maximum absolute atomic E-state index is 12.7. The van der Waals surface area contributed by atoms with Crippen LogP contribution >= 0.6 is 12.4 Å². The number of halogens is 1. The van der Waals surface area contributed by atoms with Gasteiger partial charge in [-0.2, -0.15) is 0 Å². The maximum Gasteiger partial charge on any atom is 0.229 e. The third-order valence-electron chi connectivity index (χ3n) is 5.38. The minimum atomic E-state index is -0.0489. The molecule has 1 aromatic carbocycles. The zero-order chi connectivity index (χ0) is 16.0. The van der Waals surface area contributed by atoms with E-state index in [1.54, 1.807) is 6.33 Å². The number of nitrogens with zero attached hydrogens (tertiary/aromatic N) is 3. The van der Waals surface area contributed by atoms with E-state index in [-0.39, 0.29) is 30.3 Å². The highest BCUT2D eigenvalue weighted by atomic mass is 35.5. The van der Waals surface area contributed by atoms with Crippen LogP contribution in [0, 0.1) is 17.8 Å². The Kier molecular flexibility index (Phi) is 4.60. The number of fused-ring (bicyclic) bond motifs is 2. The summed E-state index contributed by atoms with van der Waals surface area (Å²) in [4.78, 5) is 12.7. The number of nitrogens with one attached hydrogen (secondary N) is 1. The lowest BCUT2D eigenvalue weighted by Crippen LogP contribution is -2.42. The van der Waals surface area contributed by atoms with Gasteiger partial charge in [-0.3, -0.25) is 4.79 Å². The third-order valence-corrected chi connectivity index (χ3v) is 5.38. The first kappa shape index (κ1) is 16.9. The van der Waals surface area contributed by atoms with Crippen LogP contribution in [-0.4, -0.2) is 26.7 Å². The summed E-state index contributed by atoms with van der Waals surface area (Å²) in [5.74, 6) is 1.77. The van der Waals surface area contributed by atoms with E-state index in [1.165, 1.54) is 6.42 Å². The lowest BCUT2D eigenvalue weighted by molar-refractivity contribution is -0.121. The van der Waals surface area contributed by atoms with Crippen molar-refractivity contribution in [3.8, 4) is 11.4 Å². The molecule has 24 heavy (non-hydrogen) atoms. The minimum absolute atomic E-state index is 0. The molecule has 3 N–H and O–H groups in total. The topological polar surface area (TPSA) is 85.8 Å². The SMILES string of the molecule is Cl.Cn1cnnc1-c1cccc(NC(=O)C2C3CCC(C3)C2N)c1. The molecule has 4 rings (SSSR count). The first-order valence-corrected chi connectivity index (χ1v) is 8.14. The van der Waals surface area contributed by atoms with E-state index in [9.17, 15) is 4.79 Å². The largest absolute Gasteiger partial charge is 0.327 e. The molecule has 2 aliphatic carbocycles. The summed E-state index contributed by atoms with van der Waals surface area (Å²) in [5.41, 5.74) is 7.98. The summed E-state index contributed by atoms with van der Waals surface area (Å²) in [7, 11) is 1.90. The summed E-state index contributed by atoms with van der Waals surface area (Å²) in [6, 6.07) is 7.72. The van der Waals surface area contributed by atoms with Gasteiger partial charge in [-0.15, -0.1) is 22.6 Å². The molecule has 6 nitrogen and oxygen atoms in total. The molecule has 1 heterocycles. The van der Waals surface area contributed by atoms with Crippen LogP contribution in [0.5, 0.6) is 0 Å². The number of hydrogen-bond acceptors (Lipinski definition) is 4. The Morgan fingerprint density at radius 3 is 2.79 bits per heavy atom. The van der Waals surface area contributed by atoms with Gasteiger partial charge in [0.25, 0.3) is 0 Å². The molecule has 4 atom stereocenters. The lowest BCUT2D eigenvalue weighted by Gasteiger charge is -2.27. The molecule has 0 saturated heterocycles. The van der Waals surface area contributed by atoms with Gasteiger partial charge in [0.1, 0.15) is 6.33 Å². The zero-order valence-electron chi connectivity index (χ0n) is 13.6. The third kappa shape index (κ3) is 2.80. The van der Waals surface area contributed by atoms with E-state index in [2.05, 4.69) is 15.5 Å². The maximum atomic E-state index is 12.7. The first-order chi connectivity index (χ1) is 11.1. The van der Waals surface area contributed by atoms with Gasteiger partial charge < -0.3 is 15.6 Å². The van der Waals surface area contributed by atoms with Gasteiger partial charge >= 0.3 is 0 Å². The first-order valence-electron chi connectivity index (χ1n) is 8.14. The second-order valence-corrected chi connectivity index (χ2v) is 6.77. The number of carbonyl (C=O) groups excluding carboxylic acids is 1. The van der Waals surface area contributed by atoms with Gasteiger partial charge in [-0.25, -0.2) is 0 Å². The Balaban J connectivity index is 0.00000169. The highest BCUT2D eigenvalue weighted by molar-refractivity contribution is 5.94. The quantitative estimate of drug-likeness (QED) is 0.891. The van der Waals surface area contributed by atoms with E-state index in [4.69, 9.17) is 5.73 Å². The van der Waals surface area contributed by atoms with E-state index < -0.39 is 0 Å². The second-order valence-electron chi connectivity index (χ2n) is 6.77. The van der Waals surface area contributed by atoms with E-state index >= 15 is 0 Å². The second kappa shape index (κ2) is 6.53. The van der Waals surface area contributed by atoms with Crippen molar-refractivity contribution in [1.29, 1.82) is 0 Å². The van der Waals surface area contributed by atoms with Crippen molar-refractivity contribution < 1.29 is 4.79 Å². The molecule has 2 aromatic rings. The summed E-state index contributed by atoms with van der Waals surface area (Å²) in [6.45, 7) is 0. The van der Waals surface area contributed by atoms with Crippen LogP contribution < -0.4 is 11.1 Å². The Morgan fingerprint density at radius 2 is 2.12 bits per heavy atom. The molecule has 7 heteroatoms. The molecular weight excluding hydrogens is 326 g/mol. The van der Waals surface area contributed by atoms with Crippen LogP contribution in [0.25, 0.3) is 11.4 Å². The minimum Gasteiger partial charge on any atom is -0.327 e. The highest BCUT2D eigenvalue weighted by Crippen LogP contribution is 2.47. The van der Waals surface area contributed by atoms with E-state index in [1.807, 2.05) is 35.9 Å². The van der Waals surface area contributed by atoms with Crippen molar-refractivity contribution in [2.24, 2.45) is 30.5 Å². The number of nitrogens with two attached hydrogens (primary N) is 1. The molecule has 2 fully saturated rings. The van der Waals surface area contributed by atoms with E-state index in [0.717, 1.165) is 29.9 Å². The molecule has 2 bridgehead atoms. The average molecular weight is 348 g/mol. The van der Waals surface area contributed by atoms with Crippen LogP contribution in [0.4, 0.5) is 5.69 Å². The van der Waals surface area contributed by atoms with Gasteiger partial charge in [-0.1, -0.05) is 12.1 Å². The predicted molar refractivity (Wildman–Crippen MR) is 94.6 cm³/mol. The fraction of sp³-hybridized carbons (Fsp3) is 0.471. The van der Waals surface area contributed by atoms with Crippen molar-refractivity contribution in [2.75, 3.05) is 5.32 Å². The number of carbonyl (C=O) groups is 1. The molecule has 128 valence electrons. The summed E-state index contributed by atoms with van der Waals surface area (Å²) < 4.78 is 1.85. The van der Waals surface area contributed by atoms with Gasteiger partial charge in [0, 0.05) is 24.3 Å². The van der Waals surface area contributed by atoms with Crippen LogP contribution in [0.3, 0.4) is 0 Å². The fourth-order valence-corrected chi connectivity index (χ4v) is 4.23. The fourth-order valence-electron chi connectivity index (χ4n) is 4.23. The van der Waals surface area contributed by atoms with Gasteiger partial charge in [0.05, 0.1) is 5.92 Å². The van der Waals surface area contributed by atoms with Crippen molar-refractivity contribution in [3.63, 3.8) is 0 Å². The van der Waals surface area contributed by atoms with Gasteiger partial charge in [-0.05, 0) is 43.2 Å². The Hall–Kier alpha value is -1.92. The molecular formula is C17H22ClN5O. The predicted octanol–water partition coefficient (Wildman–Crippen LogP) is 2.22. The monoisotopic (exact) mass is 347 g/mol. The number of amides is 1. The molecule has 1 aromatic heterocycles.